The number of hydrogen-bond acceptors (Lipinski definition) is 6. The average molecular weight is 284 g/mol. The van der Waals surface area contributed by atoms with Gasteiger partial charge in [-0.3, -0.25) is 4.79 Å². The van der Waals surface area contributed by atoms with Crippen molar-refractivity contribution in [2.75, 3.05) is 19.3 Å². The Balaban J connectivity index is 1.92. The van der Waals surface area contributed by atoms with Crippen molar-refractivity contribution < 1.29 is 9.32 Å². The maximum Gasteiger partial charge on any atom is 0.292 e. The molecular formula is C12H20N4O2S. The number of carbonyl (C=O) groups is 1. The Bertz CT molecular complexity index is 441. The minimum atomic E-state index is -0.282. The van der Waals surface area contributed by atoms with Crippen LogP contribution in [-0.2, 0) is 0 Å². The van der Waals surface area contributed by atoms with Crippen molar-refractivity contribution >= 4 is 17.7 Å². The lowest BCUT2D eigenvalue weighted by Gasteiger charge is -2.21. The van der Waals surface area contributed by atoms with Crippen molar-refractivity contribution in [2.45, 2.75) is 37.5 Å². The second-order valence-electron chi connectivity index (χ2n) is 5.25. The number of carbonyl (C=O) groups excluding carboxylic acids is 1. The predicted molar refractivity (Wildman–Crippen MR) is 74.2 cm³/mol. The summed E-state index contributed by atoms with van der Waals surface area (Å²) < 4.78 is 5.13. The molecule has 1 aromatic heterocycles. The van der Waals surface area contributed by atoms with E-state index >= 15 is 0 Å². The van der Waals surface area contributed by atoms with Crippen molar-refractivity contribution in [3.05, 3.63) is 11.7 Å². The molecule has 1 amide bonds. The van der Waals surface area contributed by atoms with Gasteiger partial charge >= 0.3 is 0 Å². The van der Waals surface area contributed by atoms with Crippen LogP contribution >= 0.6 is 11.8 Å². The van der Waals surface area contributed by atoms with Gasteiger partial charge in [-0.05, 0) is 39.5 Å². The van der Waals surface area contributed by atoms with E-state index in [1.54, 1.807) is 11.8 Å². The fourth-order valence-electron chi connectivity index (χ4n) is 1.81. The van der Waals surface area contributed by atoms with Gasteiger partial charge in [-0.25, -0.2) is 0 Å². The zero-order valence-corrected chi connectivity index (χ0v) is 12.3. The molecule has 1 aliphatic rings. The van der Waals surface area contributed by atoms with Crippen molar-refractivity contribution in [2.24, 2.45) is 0 Å². The summed E-state index contributed by atoms with van der Waals surface area (Å²) in [6.07, 6.45) is 4.09. The van der Waals surface area contributed by atoms with E-state index in [1.807, 2.05) is 6.26 Å². The van der Waals surface area contributed by atoms with Gasteiger partial charge in [0.05, 0.1) is 6.04 Å². The molecule has 2 N–H and O–H groups in total. The molecule has 7 heteroatoms. The quantitative estimate of drug-likeness (QED) is 0.850. The highest BCUT2D eigenvalue weighted by atomic mass is 32.2. The summed E-state index contributed by atoms with van der Waals surface area (Å²) in [5, 5.41) is 9.83. The van der Waals surface area contributed by atoms with Crippen LogP contribution in [0.3, 0.4) is 0 Å². The summed E-state index contributed by atoms with van der Waals surface area (Å²) in [6.45, 7) is 5.67. The molecule has 0 saturated carbocycles. The third-order valence-corrected chi connectivity index (χ3v) is 4.48. The van der Waals surface area contributed by atoms with Crippen molar-refractivity contribution in [3.8, 4) is 0 Å². The lowest BCUT2D eigenvalue weighted by atomic mass is 10.2. The largest absolute Gasteiger partial charge is 0.348 e. The summed E-state index contributed by atoms with van der Waals surface area (Å²) in [4.78, 5) is 16.1. The second-order valence-corrected chi connectivity index (χ2v) is 6.77. The maximum atomic E-state index is 11.9. The minimum Gasteiger partial charge on any atom is -0.348 e. The van der Waals surface area contributed by atoms with E-state index in [0.29, 0.717) is 12.4 Å². The maximum absolute atomic E-state index is 11.9. The zero-order chi connectivity index (χ0) is 13.9. The normalized spacial score (nSPS) is 19.6. The standard InChI is InChI=1S/C12H20N4O2S/c1-12(2,19-3)7-14-10(17)9-15-11(18-16-9)8-5-4-6-13-8/h8,13H,4-7H2,1-3H3,(H,14,17). The summed E-state index contributed by atoms with van der Waals surface area (Å²) in [7, 11) is 0. The molecule has 1 saturated heterocycles. The van der Waals surface area contributed by atoms with Gasteiger partial charge in [0.15, 0.2) is 0 Å². The smallest absolute Gasteiger partial charge is 0.292 e. The molecule has 19 heavy (non-hydrogen) atoms. The van der Waals surface area contributed by atoms with E-state index < -0.39 is 0 Å². The van der Waals surface area contributed by atoms with Crippen molar-refractivity contribution in [3.63, 3.8) is 0 Å². The number of thioether (sulfide) groups is 1. The highest BCUT2D eigenvalue weighted by molar-refractivity contribution is 7.99. The molecule has 1 unspecified atom stereocenters. The van der Waals surface area contributed by atoms with Crippen LogP contribution < -0.4 is 10.6 Å². The first kappa shape index (κ1) is 14.3. The number of rotatable bonds is 5. The fraction of sp³-hybridized carbons (Fsp3) is 0.750. The van der Waals surface area contributed by atoms with Crippen LogP contribution in [0.15, 0.2) is 4.52 Å². The van der Waals surface area contributed by atoms with Crippen LogP contribution in [-0.4, -0.2) is 40.1 Å². The molecule has 2 heterocycles. The Kier molecular flexibility index (Phi) is 4.46. The third kappa shape index (κ3) is 3.70. The van der Waals surface area contributed by atoms with Crippen LogP contribution in [0.4, 0.5) is 0 Å². The monoisotopic (exact) mass is 284 g/mol. The molecule has 1 aliphatic heterocycles. The summed E-state index contributed by atoms with van der Waals surface area (Å²) >= 11 is 1.70. The SMILES string of the molecule is CSC(C)(C)CNC(=O)c1noc(C2CCCN2)n1. The first-order valence-electron chi connectivity index (χ1n) is 6.42. The highest BCUT2D eigenvalue weighted by Crippen LogP contribution is 2.21. The minimum absolute atomic E-state index is 0.00473. The number of amides is 1. The lowest BCUT2D eigenvalue weighted by Crippen LogP contribution is -2.36. The highest BCUT2D eigenvalue weighted by Gasteiger charge is 2.25. The van der Waals surface area contributed by atoms with E-state index in [9.17, 15) is 4.79 Å². The van der Waals surface area contributed by atoms with Crippen LogP contribution in [0.25, 0.3) is 0 Å². The molecule has 106 valence electrons. The first-order chi connectivity index (χ1) is 9.02. The molecule has 0 aliphatic carbocycles. The van der Waals surface area contributed by atoms with Gasteiger partial charge in [0.25, 0.3) is 11.7 Å². The van der Waals surface area contributed by atoms with Crippen molar-refractivity contribution in [1.82, 2.24) is 20.8 Å². The average Bonchev–Trinajstić information content (AvgIpc) is 3.05. The molecule has 6 nitrogen and oxygen atoms in total. The van der Waals surface area contributed by atoms with E-state index in [4.69, 9.17) is 4.52 Å². The summed E-state index contributed by atoms with van der Waals surface area (Å²) in [5.41, 5.74) is 0. The summed E-state index contributed by atoms with van der Waals surface area (Å²) in [5.74, 6) is 0.336. The number of aromatic nitrogens is 2. The topological polar surface area (TPSA) is 80.0 Å². The first-order valence-corrected chi connectivity index (χ1v) is 7.65. The van der Waals surface area contributed by atoms with E-state index in [-0.39, 0.29) is 22.5 Å². The van der Waals surface area contributed by atoms with Gasteiger partial charge in [-0.2, -0.15) is 16.7 Å². The van der Waals surface area contributed by atoms with Gasteiger partial charge in [0.1, 0.15) is 0 Å². The molecular weight excluding hydrogens is 264 g/mol. The predicted octanol–water partition coefficient (Wildman–Crippen LogP) is 1.37. The van der Waals surface area contributed by atoms with Crippen LogP contribution in [0.1, 0.15) is 49.2 Å². The number of hydrogen-bond donors (Lipinski definition) is 2. The number of nitrogens with one attached hydrogen (secondary N) is 2. The lowest BCUT2D eigenvalue weighted by molar-refractivity contribution is 0.0937. The van der Waals surface area contributed by atoms with E-state index in [1.165, 1.54) is 0 Å². The Morgan fingerprint density at radius 1 is 1.63 bits per heavy atom. The van der Waals surface area contributed by atoms with Gasteiger partial charge < -0.3 is 15.2 Å². The van der Waals surface area contributed by atoms with Crippen molar-refractivity contribution in [1.29, 1.82) is 0 Å². The molecule has 1 atom stereocenters. The molecule has 2 rings (SSSR count). The second kappa shape index (κ2) is 5.92. The van der Waals surface area contributed by atoms with E-state index in [0.717, 1.165) is 19.4 Å². The molecule has 0 radical (unpaired) electrons. The van der Waals surface area contributed by atoms with Gasteiger partial charge in [0, 0.05) is 11.3 Å². The number of nitrogens with zero attached hydrogens (tertiary/aromatic N) is 2. The zero-order valence-electron chi connectivity index (χ0n) is 11.5. The summed E-state index contributed by atoms with van der Waals surface area (Å²) in [6, 6.07) is 0.0942. The van der Waals surface area contributed by atoms with Gasteiger partial charge in [-0.15, -0.1) is 0 Å². The molecule has 1 aromatic rings. The molecule has 0 spiro atoms. The fourth-order valence-corrected chi connectivity index (χ4v) is 2.03. The Labute approximate surface area is 117 Å². The Morgan fingerprint density at radius 3 is 3.05 bits per heavy atom. The molecule has 0 bridgehead atoms. The van der Waals surface area contributed by atoms with Crippen LogP contribution in [0, 0.1) is 0 Å². The van der Waals surface area contributed by atoms with Crippen LogP contribution in [0.2, 0.25) is 0 Å². The Morgan fingerprint density at radius 2 is 2.42 bits per heavy atom. The van der Waals surface area contributed by atoms with Gasteiger partial charge in [0.2, 0.25) is 5.89 Å². The van der Waals surface area contributed by atoms with Crippen LogP contribution in [0.5, 0.6) is 0 Å². The van der Waals surface area contributed by atoms with E-state index in [2.05, 4.69) is 34.6 Å². The molecule has 0 aromatic carbocycles. The molecule has 1 fully saturated rings. The third-order valence-electron chi connectivity index (χ3n) is 3.23. The Hall–Kier alpha value is -1.08. The van der Waals surface area contributed by atoms with Gasteiger partial charge in [-0.1, -0.05) is 5.16 Å².